The van der Waals surface area contributed by atoms with Crippen molar-refractivity contribution in [3.8, 4) is 0 Å². The molecule has 0 aliphatic carbocycles. The Labute approximate surface area is 143 Å². The third-order valence-electron chi connectivity index (χ3n) is 3.83. The molecule has 130 valence electrons. The zero-order chi connectivity index (χ0) is 18.1. The molecule has 0 aromatic heterocycles. The van der Waals surface area contributed by atoms with Crippen LogP contribution in [0.5, 0.6) is 0 Å². The van der Waals surface area contributed by atoms with Crippen molar-refractivity contribution in [2.75, 3.05) is 0 Å². The highest BCUT2D eigenvalue weighted by Gasteiger charge is 2.38. The first kappa shape index (κ1) is 16.6. The fourth-order valence-corrected chi connectivity index (χ4v) is 2.48. The minimum Gasteiger partial charge on any atom is -0.506 e. The van der Waals surface area contributed by atoms with E-state index in [4.69, 9.17) is 9.47 Å². The molecule has 0 saturated carbocycles. The van der Waals surface area contributed by atoms with Gasteiger partial charge >= 0.3 is 11.9 Å². The monoisotopic (exact) mass is 344 g/mol. The minimum atomic E-state index is -0.786. The summed E-state index contributed by atoms with van der Waals surface area (Å²) in [4.78, 5) is 36.1. The first-order valence-corrected chi connectivity index (χ1v) is 7.61. The van der Waals surface area contributed by atoms with Crippen molar-refractivity contribution in [2.24, 2.45) is 0 Å². The third-order valence-corrected chi connectivity index (χ3v) is 3.83. The van der Waals surface area contributed by atoms with Gasteiger partial charge in [-0.3, -0.25) is 4.79 Å². The Morgan fingerprint density at radius 3 is 2.20 bits per heavy atom. The number of aliphatic hydroxyl groups is 1. The number of esters is 2. The summed E-state index contributed by atoms with van der Waals surface area (Å²) < 4.78 is 9.97. The summed E-state index contributed by atoms with van der Waals surface area (Å²) in [6.07, 6.45) is -1.52. The smallest absolute Gasteiger partial charge is 0.359 e. The van der Waals surface area contributed by atoms with Gasteiger partial charge in [-0.05, 0) is 26.0 Å². The Morgan fingerprint density at radius 2 is 1.60 bits per heavy atom. The van der Waals surface area contributed by atoms with Crippen LogP contribution < -0.4 is 10.6 Å². The third kappa shape index (κ3) is 3.06. The molecule has 0 fully saturated rings. The van der Waals surface area contributed by atoms with Crippen molar-refractivity contribution in [1.82, 2.24) is 10.6 Å². The molecule has 2 aliphatic heterocycles. The van der Waals surface area contributed by atoms with Crippen LogP contribution in [0.15, 0.2) is 53.2 Å². The quantitative estimate of drug-likeness (QED) is 0.695. The SMILES string of the molecule is CC1OC(=O)C(NC2=C(NC(=O)c3ccccc3)C(=O)OC2C)=C1O. The van der Waals surface area contributed by atoms with E-state index < -0.39 is 30.1 Å². The van der Waals surface area contributed by atoms with Crippen LogP contribution in [0.2, 0.25) is 0 Å². The van der Waals surface area contributed by atoms with Gasteiger partial charge in [0.05, 0.1) is 5.70 Å². The average Bonchev–Trinajstić information content (AvgIpc) is 2.99. The minimum absolute atomic E-state index is 0.117. The van der Waals surface area contributed by atoms with Crippen LogP contribution in [0.25, 0.3) is 0 Å². The number of ether oxygens (including phenoxy) is 2. The van der Waals surface area contributed by atoms with E-state index in [1.807, 2.05) is 0 Å². The van der Waals surface area contributed by atoms with Gasteiger partial charge < -0.3 is 25.2 Å². The molecule has 0 radical (unpaired) electrons. The summed E-state index contributed by atoms with van der Waals surface area (Å²) >= 11 is 0. The van der Waals surface area contributed by atoms with Crippen LogP contribution in [-0.2, 0) is 19.1 Å². The Hall–Kier alpha value is -3.29. The number of hydrogen-bond donors (Lipinski definition) is 3. The number of carbonyl (C=O) groups is 3. The molecule has 8 heteroatoms. The lowest BCUT2D eigenvalue weighted by Gasteiger charge is -2.11. The lowest BCUT2D eigenvalue weighted by atomic mass is 10.2. The van der Waals surface area contributed by atoms with E-state index in [9.17, 15) is 19.5 Å². The predicted molar refractivity (Wildman–Crippen MR) is 84.8 cm³/mol. The van der Waals surface area contributed by atoms with Gasteiger partial charge in [-0.25, -0.2) is 9.59 Å². The standard InChI is InChI=1S/C17H16N2O6/c1-8-11(18-13-14(20)9(2)25-17(13)23)12(16(22)24-8)19-15(21)10-6-4-3-5-7-10/h3-9,18,20H,1-2H3,(H,19,21). The Kier molecular flexibility index (Phi) is 4.18. The topological polar surface area (TPSA) is 114 Å². The summed E-state index contributed by atoms with van der Waals surface area (Å²) in [5.41, 5.74) is 0.229. The van der Waals surface area contributed by atoms with Crippen LogP contribution in [0, 0.1) is 0 Å². The summed E-state index contributed by atoms with van der Waals surface area (Å²) in [7, 11) is 0. The molecule has 1 aromatic rings. The maximum absolute atomic E-state index is 12.3. The molecule has 1 aromatic carbocycles. The molecular weight excluding hydrogens is 328 g/mol. The van der Waals surface area contributed by atoms with Crippen LogP contribution >= 0.6 is 0 Å². The van der Waals surface area contributed by atoms with Gasteiger partial charge in [-0.1, -0.05) is 18.2 Å². The largest absolute Gasteiger partial charge is 0.506 e. The van der Waals surface area contributed by atoms with Crippen molar-refractivity contribution in [3.63, 3.8) is 0 Å². The molecule has 0 spiro atoms. The van der Waals surface area contributed by atoms with Crippen LogP contribution in [0.3, 0.4) is 0 Å². The van der Waals surface area contributed by atoms with Gasteiger partial charge in [0.2, 0.25) is 0 Å². The Morgan fingerprint density at radius 1 is 1.00 bits per heavy atom. The van der Waals surface area contributed by atoms with Crippen molar-refractivity contribution < 1.29 is 29.0 Å². The molecule has 8 nitrogen and oxygen atoms in total. The fourth-order valence-electron chi connectivity index (χ4n) is 2.48. The van der Waals surface area contributed by atoms with Crippen molar-refractivity contribution in [1.29, 1.82) is 0 Å². The molecule has 3 N–H and O–H groups in total. The van der Waals surface area contributed by atoms with Gasteiger partial charge in [0.1, 0.15) is 6.10 Å². The molecule has 0 bridgehead atoms. The summed E-state index contributed by atoms with van der Waals surface area (Å²) in [6, 6.07) is 8.33. The zero-order valence-corrected chi connectivity index (χ0v) is 13.5. The van der Waals surface area contributed by atoms with Gasteiger partial charge in [-0.2, -0.15) is 0 Å². The number of benzene rings is 1. The molecular formula is C17H16N2O6. The number of hydrogen-bond acceptors (Lipinski definition) is 7. The van der Waals surface area contributed by atoms with Crippen molar-refractivity contribution in [3.05, 3.63) is 58.7 Å². The maximum atomic E-state index is 12.3. The first-order valence-electron chi connectivity index (χ1n) is 7.61. The van der Waals surface area contributed by atoms with Crippen molar-refractivity contribution in [2.45, 2.75) is 26.1 Å². The highest BCUT2D eigenvalue weighted by atomic mass is 16.6. The summed E-state index contributed by atoms with van der Waals surface area (Å²) in [5.74, 6) is -2.27. The van der Waals surface area contributed by atoms with Gasteiger partial charge in [0.25, 0.3) is 5.91 Å². The van der Waals surface area contributed by atoms with Crippen molar-refractivity contribution >= 4 is 17.8 Å². The van der Waals surface area contributed by atoms with Gasteiger partial charge in [0, 0.05) is 5.56 Å². The van der Waals surface area contributed by atoms with Gasteiger partial charge in [0.15, 0.2) is 23.3 Å². The lowest BCUT2D eigenvalue weighted by Crippen LogP contribution is -2.30. The Balaban J connectivity index is 1.89. The summed E-state index contributed by atoms with van der Waals surface area (Å²) in [6.45, 7) is 3.08. The second kappa shape index (κ2) is 6.31. The molecule has 2 heterocycles. The predicted octanol–water partition coefficient (Wildman–Crippen LogP) is 0.878. The molecule has 1 amide bonds. The number of cyclic esters (lactones) is 2. The lowest BCUT2D eigenvalue weighted by molar-refractivity contribution is -0.140. The van der Waals surface area contributed by atoms with Crippen LogP contribution in [0.4, 0.5) is 0 Å². The molecule has 0 saturated heterocycles. The van der Waals surface area contributed by atoms with E-state index >= 15 is 0 Å². The van der Waals surface area contributed by atoms with E-state index in [-0.39, 0.29) is 22.9 Å². The number of rotatable bonds is 4. The highest BCUT2D eigenvalue weighted by Crippen LogP contribution is 2.24. The molecule has 25 heavy (non-hydrogen) atoms. The number of carbonyl (C=O) groups excluding carboxylic acids is 3. The molecule has 3 rings (SSSR count). The normalized spacial score (nSPS) is 22.8. The number of amides is 1. The Bertz CT molecular complexity index is 812. The zero-order valence-electron chi connectivity index (χ0n) is 13.5. The van der Waals surface area contributed by atoms with E-state index in [0.717, 1.165) is 0 Å². The van der Waals surface area contributed by atoms with E-state index in [0.29, 0.717) is 5.56 Å². The fraction of sp³-hybridized carbons (Fsp3) is 0.235. The number of nitrogens with one attached hydrogen (secondary N) is 2. The maximum Gasteiger partial charge on any atom is 0.359 e. The summed E-state index contributed by atoms with van der Waals surface area (Å²) in [5, 5.41) is 15.1. The molecule has 2 aliphatic rings. The molecule has 2 atom stereocenters. The van der Waals surface area contributed by atoms with Crippen LogP contribution in [-0.4, -0.2) is 35.2 Å². The van der Waals surface area contributed by atoms with E-state index in [2.05, 4.69) is 10.6 Å². The average molecular weight is 344 g/mol. The molecule has 2 unspecified atom stereocenters. The van der Waals surface area contributed by atoms with Crippen LogP contribution in [0.1, 0.15) is 24.2 Å². The van der Waals surface area contributed by atoms with E-state index in [1.54, 1.807) is 37.3 Å². The first-order chi connectivity index (χ1) is 11.9. The van der Waals surface area contributed by atoms with Gasteiger partial charge in [-0.15, -0.1) is 0 Å². The second-order valence-corrected chi connectivity index (χ2v) is 5.59. The van der Waals surface area contributed by atoms with E-state index in [1.165, 1.54) is 6.92 Å². The highest BCUT2D eigenvalue weighted by molar-refractivity contribution is 6.02. The second-order valence-electron chi connectivity index (χ2n) is 5.59. The number of aliphatic hydroxyl groups excluding tert-OH is 1.